The number of benzene rings is 1. The van der Waals surface area contributed by atoms with Gasteiger partial charge in [0, 0.05) is 14.1 Å². The van der Waals surface area contributed by atoms with Gasteiger partial charge in [-0.2, -0.15) is 0 Å². The van der Waals surface area contributed by atoms with Crippen molar-refractivity contribution in [1.29, 1.82) is 0 Å². The molecule has 0 unspecified atom stereocenters. The lowest BCUT2D eigenvalue weighted by atomic mass is 10.1. The fourth-order valence-electron chi connectivity index (χ4n) is 2.07. The standard InChI is InChI=1S/C16H19ClN2O3S/c1-9(2)22-14-11(17)6-10(7-12(14)21-5)8-13-15(20)19(4)16(18-3)23-13/h6-9H,1-5H3/b13-8+,18-16?. The molecule has 0 spiro atoms. The molecular weight excluding hydrogens is 336 g/mol. The van der Waals surface area contributed by atoms with Crippen LogP contribution in [0.2, 0.25) is 5.02 Å². The molecule has 1 saturated heterocycles. The van der Waals surface area contributed by atoms with Crippen LogP contribution in [0.25, 0.3) is 6.08 Å². The number of thioether (sulfide) groups is 1. The highest BCUT2D eigenvalue weighted by Crippen LogP contribution is 2.39. The van der Waals surface area contributed by atoms with E-state index in [0.717, 1.165) is 5.56 Å². The Morgan fingerprint density at radius 2 is 2.09 bits per heavy atom. The van der Waals surface area contributed by atoms with Crippen molar-refractivity contribution in [3.05, 3.63) is 27.6 Å². The second-order valence-corrected chi connectivity index (χ2v) is 6.60. The van der Waals surface area contributed by atoms with Crippen molar-refractivity contribution in [1.82, 2.24) is 4.90 Å². The van der Waals surface area contributed by atoms with Gasteiger partial charge in [-0.25, -0.2) is 0 Å². The Hall–Kier alpha value is -1.66. The summed E-state index contributed by atoms with van der Waals surface area (Å²) in [4.78, 5) is 18.4. The molecule has 124 valence electrons. The SMILES string of the molecule is CN=C1S/C(=C/c2cc(Cl)c(OC(C)C)c(OC)c2)C(=O)N1C. The molecule has 1 aliphatic heterocycles. The highest BCUT2D eigenvalue weighted by atomic mass is 35.5. The van der Waals surface area contributed by atoms with E-state index >= 15 is 0 Å². The average molecular weight is 355 g/mol. The van der Waals surface area contributed by atoms with Crippen LogP contribution in [-0.4, -0.2) is 43.3 Å². The molecule has 0 aromatic heterocycles. The van der Waals surface area contributed by atoms with Gasteiger partial charge in [-0.15, -0.1) is 0 Å². The second kappa shape index (κ2) is 7.27. The third kappa shape index (κ3) is 3.82. The number of nitrogens with zero attached hydrogens (tertiary/aromatic N) is 2. The largest absolute Gasteiger partial charge is 0.493 e. The molecule has 0 bridgehead atoms. The maximum absolute atomic E-state index is 12.2. The third-order valence-corrected chi connectivity index (χ3v) is 4.53. The Balaban J connectivity index is 2.40. The molecule has 0 aliphatic carbocycles. The minimum absolute atomic E-state index is 0.0189. The van der Waals surface area contributed by atoms with Gasteiger partial charge in [0.1, 0.15) is 0 Å². The van der Waals surface area contributed by atoms with E-state index in [1.54, 1.807) is 39.4 Å². The summed E-state index contributed by atoms with van der Waals surface area (Å²) in [5, 5.41) is 1.11. The number of amides is 1. The third-order valence-electron chi connectivity index (χ3n) is 3.10. The van der Waals surface area contributed by atoms with Crippen LogP contribution in [0.4, 0.5) is 0 Å². The van der Waals surface area contributed by atoms with Crippen LogP contribution in [0.5, 0.6) is 11.5 Å². The molecule has 1 aromatic carbocycles. The summed E-state index contributed by atoms with van der Waals surface area (Å²) in [7, 11) is 4.92. The van der Waals surface area contributed by atoms with Gasteiger partial charge >= 0.3 is 0 Å². The summed E-state index contributed by atoms with van der Waals surface area (Å²) in [5.74, 6) is 0.948. The number of hydrogen-bond donors (Lipinski definition) is 0. The molecule has 0 N–H and O–H groups in total. The summed E-state index contributed by atoms with van der Waals surface area (Å²) in [6.45, 7) is 3.84. The summed E-state index contributed by atoms with van der Waals surface area (Å²) in [5.41, 5.74) is 0.768. The Morgan fingerprint density at radius 1 is 1.39 bits per heavy atom. The Morgan fingerprint density at radius 3 is 2.61 bits per heavy atom. The van der Waals surface area contributed by atoms with Crippen molar-refractivity contribution in [3.63, 3.8) is 0 Å². The van der Waals surface area contributed by atoms with Crippen LogP contribution in [0.1, 0.15) is 19.4 Å². The molecule has 7 heteroatoms. The fraction of sp³-hybridized carbons (Fsp3) is 0.375. The van der Waals surface area contributed by atoms with Crippen LogP contribution in [-0.2, 0) is 4.79 Å². The van der Waals surface area contributed by atoms with Crippen LogP contribution < -0.4 is 9.47 Å². The predicted molar refractivity (Wildman–Crippen MR) is 95.5 cm³/mol. The predicted octanol–water partition coefficient (Wildman–Crippen LogP) is 3.67. The van der Waals surface area contributed by atoms with Crippen molar-refractivity contribution in [2.45, 2.75) is 20.0 Å². The zero-order valence-electron chi connectivity index (χ0n) is 13.7. The maximum atomic E-state index is 12.2. The Labute approximate surface area is 145 Å². The molecule has 5 nitrogen and oxygen atoms in total. The Bertz CT molecular complexity index is 686. The lowest BCUT2D eigenvalue weighted by molar-refractivity contribution is -0.121. The minimum atomic E-state index is -0.0896. The molecular formula is C16H19ClN2O3S. The van der Waals surface area contributed by atoms with Crippen molar-refractivity contribution in [2.75, 3.05) is 21.2 Å². The smallest absolute Gasteiger partial charge is 0.266 e. The summed E-state index contributed by atoms with van der Waals surface area (Å²) in [6, 6.07) is 3.55. The Kier molecular flexibility index (Phi) is 5.59. The van der Waals surface area contributed by atoms with E-state index in [1.807, 2.05) is 13.8 Å². The van der Waals surface area contributed by atoms with E-state index in [4.69, 9.17) is 21.1 Å². The molecule has 23 heavy (non-hydrogen) atoms. The molecule has 2 rings (SSSR count). The highest BCUT2D eigenvalue weighted by molar-refractivity contribution is 8.18. The van der Waals surface area contributed by atoms with Crippen LogP contribution in [0.15, 0.2) is 22.0 Å². The number of amidine groups is 1. The number of rotatable bonds is 4. The van der Waals surface area contributed by atoms with Crippen LogP contribution in [0.3, 0.4) is 0 Å². The summed E-state index contributed by atoms with van der Waals surface area (Å²) >= 11 is 7.63. The van der Waals surface area contributed by atoms with E-state index in [2.05, 4.69) is 4.99 Å². The lowest BCUT2D eigenvalue weighted by Gasteiger charge is -2.15. The number of halogens is 1. The van der Waals surface area contributed by atoms with Gasteiger partial charge in [0.25, 0.3) is 5.91 Å². The maximum Gasteiger partial charge on any atom is 0.266 e. The molecule has 1 fully saturated rings. The molecule has 1 amide bonds. The zero-order chi connectivity index (χ0) is 17.1. The highest BCUT2D eigenvalue weighted by Gasteiger charge is 2.29. The van der Waals surface area contributed by atoms with Crippen LogP contribution in [0, 0.1) is 0 Å². The van der Waals surface area contributed by atoms with E-state index < -0.39 is 0 Å². The number of carbonyl (C=O) groups is 1. The van der Waals surface area contributed by atoms with Crippen molar-refractivity contribution in [2.24, 2.45) is 4.99 Å². The van der Waals surface area contributed by atoms with Gasteiger partial charge in [0.15, 0.2) is 16.7 Å². The number of methoxy groups -OCH3 is 1. The van der Waals surface area contributed by atoms with Gasteiger partial charge in [-0.1, -0.05) is 11.6 Å². The molecule has 0 radical (unpaired) electrons. The van der Waals surface area contributed by atoms with E-state index in [9.17, 15) is 4.79 Å². The van der Waals surface area contributed by atoms with Gasteiger partial charge < -0.3 is 9.47 Å². The molecule has 0 atom stereocenters. The quantitative estimate of drug-likeness (QED) is 0.774. The molecule has 1 aromatic rings. The number of likely N-dealkylation sites (N-methyl/N-ethyl adjacent to an activating group) is 1. The van der Waals surface area contributed by atoms with Gasteiger partial charge in [-0.05, 0) is 49.4 Å². The first-order valence-electron chi connectivity index (χ1n) is 7.06. The summed E-state index contributed by atoms with van der Waals surface area (Å²) < 4.78 is 11.0. The average Bonchev–Trinajstić information content (AvgIpc) is 2.77. The number of ether oxygens (including phenoxy) is 2. The van der Waals surface area contributed by atoms with Crippen molar-refractivity contribution < 1.29 is 14.3 Å². The zero-order valence-corrected chi connectivity index (χ0v) is 15.3. The van der Waals surface area contributed by atoms with E-state index in [-0.39, 0.29) is 12.0 Å². The van der Waals surface area contributed by atoms with E-state index in [1.165, 1.54) is 16.7 Å². The molecule has 1 aliphatic rings. The van der Waals surface area contributed by atoms with Crippen molar-refractivity contribution >= 4 is 40.5 Å². The topological polar surface area (TPSA) is 51.1 Å². The van der Waals surface area contributed by atoms with Crippen molar-refractivity contribution in [3.8, 4) is 11.5 Å². The van der Waals surface area contributed by atoms with Gasteiger partial charge in [0.05, 0.1) is 23.1 Å². The number of aliphatic imine (C=N–C) groups is 1. The number of hydrogen-bond acceptors (Lipinski definition) is 5. The first-order valence-corrected chi connectivity index (χ1v) is 8.25. The van der Waals surface area contributed by atoms with Gasteiger partial charge in [0.2, 0.25) is 0 Å². The lowest BCUT2D eigenvalue weighted by Crippen LogP contribution is -2.23. The molecule has 1 heterocycles. The fourth-order valence-corrected chi connectivity index (χ4v) is 3.26. The summed E-state index contributed by atoms with van der Waals surface area (Å²) in [6.07, 6.45) is 1.75. The van der Waals surface area contributed by atoms with E-state index in [0.29, 0.717) is 26.6 Å². The van der Waals surface area contributed by atoms with Crippen LogP contribution >= 0.6 is 23.4 Å². The normalized spacial score (nSPS) is 18.4. The molecule has 0 saturated carbocycles. The first-order chi connectivity index (χ1) is 10.9. The minimum Gasteiger partial charge on any atom is -0.493 e. The monoisotopic (exact) mass is 354 g/mol. The second-order valence-electron chi connectivity index (χ2n) is 5.18. The number of carbonyl (C=O) groups excluding carboxylic acids is 1. The first kappa shape index (κ1) is 17.7. The van der Waals surface area contributed by atoms with Gasteiger partial charge in [-0.3, -0.25) is 14.7 Å².